The summed E-state index contributed by atoms with van der Waals surface area (Å²) in [5.41, 5.74) is -0.0122. The molecule has 0 saturated heterocycles. The average Bonchev–Trinajstić information content (AvgIpc) is 3.65. The van der Waals surface area contributed by atoms with Crippen molar-refractivity contribution in [1.29, 1.82) is 0 Å². The highest BCUT2D eigenvalue weighted by atomic mass is 35.5. The van der Waals surface area contributed by atoms with Crippen LogP contribution in [-0.2, 0) is 4.79 Å². The lowest BCUT2D eigenvalue weighted by Gasteiger charge is -2.41. The molecule has 0 unspecified atom stereocenters. The predicted molar refractivity (Wildman–Crippen MR) is 132 cm³/mol. The fraction of sp³-hybridized carbons (Fsp3) is 0.308. The highest BCUT2D eigenvalue weighted by Crippen LogP contribution is 2.55. The summed E-state index contributed by atoms with van der Waals surface area (Å²) in [6.07, 6.45) is 1.75. The standard InChI is InChI=1S/C26H21ClN4O7/c1-11-6-13-18(21(31-25(30-13)28-9-29-31)12-4-5-14-15(7-12)37-10-36-14)23(32)26(11)24(33)19-16(34-2)8-17(35-3)20(27)22(19)38-26/h4-5,7-9,11,21H,6,10H2,1-3H3,(H,28,29,30)/t11-,21-,26+/m1/s1. The summed E-state index contributed by atoms with van der Waals surface area (Å²) in [6.45, 7) is 1.92. The number of anilines is 1. The molecule has 7 rings (SSSR count). The Balaban J connectivity index is 1.40. The molecule has 3 aliphatic heterocycles. The summed E-state index contributed by atoms with van der Waals surface area (Å²) in [6, 6.07) is 6.26. The van der Waals surface area contributed by atoms with Gasteiger partial charge in [-0.3, -0.25) is 9.59 Å². The molecule has 1 aliphatic carbocycles. The van der Waals surface area contributed by atoms with Gasteiger partial charge in [0.1, 0.15) is 34.5 Å². The quantitative estimate of drug-likeness (QED) is 0.497. The van der Waals surface area contributed by atoms with Crippen LogP contribution in [-0.4, -0.2) is 52.9 Å². The molecular weight excluding hydrogens is 516 g/mol. The van der Waals surface area contributed by atoms with Crippen LogP contribution >= 0.6 is 11.6 Å². The molecular formula is C26H21ClN4O7. The molecule has 3 atom stereocenters. The maximum Gasteiger partial charge on any atom is 0.236 e. The third-order valence-electron chi connectivity index (χ3n) is 7.60. The molecule has 1 spiro atoms. The summed E-state index contributed by atoms with van der Waals surface area (Å²) in [7, 11) is 2.88. The van der Waals surface area contributed by atoms with Crippen LogP contribution in [0.25, 0.3) is 0 Å². The largest absolute Gasteiger partial charge is 0.496 e. The fourth-order valence-corrected chi connectivity index (χ4v) is 6.05. The lowest BCUT2D eigenvalue weighted by Crippen LogP contribution is -2.58. The fourth-order valence-electron chi connectivity index (χ4n) is 5.78. The van der Waals surface area contributed by atoms with Gasteiger partial charge in [0.15, 0.2) is 17.2 Å². The molecule has 2 aromatic carbocycles. The maximum absolute atomic E-state index is 14.6. The number of ketones is 2. The Hall–Kier alpha value is -4.25. The Morgan fingerprint density at radius 3 is 2.68 bits per heavy atom. The number of halogens is 1. The lowest BCUT2D eigenvalue weighted by atomic mass is 9.69. The number of nitrogens with one attached hydrogen (secondary N) is 1. The van der Waals surface area contributed by atoms with Gasteiger partial charge in [0.2, 0.25) is 29.9 Å². The molecule has 1 N–H and O–H groups in total. The molecule has 12 heteroatoms. The number of allylic oxidation sites excluding steroid dienone is 1. The highest BCUT2D eigenvalue weighted by Gasteiger charge is 2.63. The molecule has 0 saturated carbocycles. The van der Waals surface area contributed by atoms with Gasteiger partial charge in [-0.2, -0.15) is 10.1 Å². The van der Waals surface area contributed by atoms with Crippen LogP contribution < -0.4 is 29.0 Å². The average molecular weight is 537 g/mol. The number of carbonyl (C=O) groups is 2. The minimum Gasteiger partial charge on any atom is -0.496 e. The monoisotopic (exact) mass is 536 g/mol. The molecule has 0 amide bonds. The second-order valence-corrected chi connectivity index (χ2v) is 9.84. The summed E-state index contributed by atoms with van der Waals surface area (Å²) < 4.78 is 29.8. The minimum atomic E-state index is -1.85. The normalized spacial score (nSPS) is 24.5. The second kappa shape index (κ2) is 7.87. The van der Waals surface area contributed by atoms with Crippen LogP contribution in [0, 0.1) is 5.92 Å². The van der Waals surface area contributed by atoms with Crippen molar-refractivity contribution in [2.45, 2.75) is 25.0 Å². The Morgan fingerprint density at radius 2 is 1.89 bits per heavy atom. The Labute approximate surface area is 221 Å². The summed E-state index contributed by atoms with van der Waals surface area (Å²) in [4.78, 5) is 33.1. The van der Waals surface area contributed by atoms with Crippen LogP contribution in [0.1, 0.15) is 35.3 Å². The van der Waals surface area contributed by atoms with Crippen molar-refractivity contribution in [2.24, 2.45) is 5.92 Å². The van der Waals surface area contributed by atoms with Crippen LogP contribution in [0.2, 0.25) is 5.02 Å². The van der Waals surface area contributed by atoms with E-state index in [9.17, 15) is 9.59 Å². The molecule has 1 aromatic heterocycles. The van der Waals surface area contributed by atoms with Crippen molar-refractivity contribution in [2.75, 3.05) is 26.3 Å². The maximum atomic E-state index is 14.6. The van der Waals surface area contributed by atoms with Crippen LogP contribution in [0.3, 0.4) is 0 Å². The third-order valence-corrected chi connectivity index (χ3v) is 7.95. The number of Topliss-reactive ketones (excluding diaryl/α,β-unsaturated/α-hetero) is 2. The molecule has 4 aliphatic rings. The zero-order chi connectivity index (χ0) is 26.3. The number of benzene rings is 2. The van der Waals surface area contributed by atoms with Crippen molar-refractivity contribution >= 4 is 29.1 Å². The number of rotatable bonds is 3. The number of hydrogen-bond donors (Lipinski definition) is 1. The SMILES string of the molecule is COc1cc(OC)c2c(c1Cl)O[C@@]1(C(=O)C3=C(C[C@H]1C)Nc1ncnn1[C@@H]3c1ccc3c(c1)OCO3)C2=O. The van der Waals surface area contributed by atoms with Gasteiger partial charge in [-0.1, -0.05) is 24.6 Å². The number of nitrogens with zero attached hydrogens (tertiary/aromatic N) is 3. The van der Waals surface area contributed by atoms with Crippen LogP contribution in [0.15, 0.2) is 41.9 Å². The summed E-state index contributed by atoms with van der Waals surface area (Å²) in [5, 5.41) is 7.73. The van der Waals surface area contributed by atoms with Gasteiger partial charge in [0.25, 0.3) is 0 Å². The van der Waals surface area contributed by atoms with E-state index in [1.165, 1.54) is 26.6 Å². The zero-order valence-corrected chi connectivity index (χ0v) is 21.3. The molecule has 194 valence electrons. The molecule has 3 aromatic rings. The van der Waals surface area contributed by atoms with Crippen molar-refractivity contribution in [1.82, 2.24) is 14.8 Å². The van der Waals surface area contributed by atoms with Crippen LogP contribution in [0.4, 0.5) is 5.95 Å². The molecule has 0 fully saturated rings. The van der Waals surface area contributed by atoms with E-state index in [2.05, 4.69) is 15.4 Å². The Bertz CT molecular complexity index is 1600. The molecule has 0 radical (unpaired) electrons. The van der Waals surface area contributed by atoms with Gasteiger partial charge in [0.05, 0.1) is 14.2 Å². The van der Waals surface area contributed by atoms with E-state index in [0.717, 1.165) is 0 Å². The molecule has 0 bridgehead atoms. The number of hydrogen-bond acceptors (Lipinski definition) is 10. The number of carbonyl (C=O) groups excluding carboxylic acids is 2. The van der Waals surface area contributed by atoms with E-state index in [-0.39, 0.29) is 34.6 Å². The first-order chi connectivity index (χ1) is 18.4. The molecule has 4 heterocycles. The smallest absolute Gasteiger partial charge is 0.236 e. The van der Waals surface area contributed by atoms with Gasteiger partial charge in [-0.15, -0.1) is 0 Å². The van der Waals surface area contributed by atoms with E-state index in [0.29, 0.717) is 40.7 Å². The second-order valence-electron chi connectivity index (χ2n) is 9.46. The van der Waals surface area contributed by atoms with Crippen molar-refractivity contribution in [3.63, 3.8) is 0 Å². The van der Waals surface area contributed by atoms with Gasteiger partial charge in [-0.25, -0.2) is 4.68 Å². The van der Waals surface area contributed by atoms with Crippen molar-refractivity contribution in [3.8, 4) is 28.7 Å². The van der Waals surface area contributed by atoms with Gasteiger partial charge < -0.3 is 29.0 Å². The highest BCUT2D eigenvalue weighted by molar-refractivity contribution is 6.36. The summed E-state index contributed by atoms with van der Waals surface area (Å²) >= 11 is 6.57. The number of ether oxygens (including phenoxy) is 5. The van der Waals surface area contributed by atoms with E-state index < -0.39 is 29.1 Å². The number of fused-ring (bicyclic) bond motifs is 3. The van der Waals surface area contributed by atoms with Crippen molar-refractivity contribution in [3.05, 3.63) is 58.0 Å². The first kappa shape index (κ1) is 22.9. The van der Waals surface area contributed by atoms with Gasteiger partial charge >= 0.3 is 0 Å². The van der Waals surface area contributed by atoms with Gasteiger partial charge in [0, 0.05) is 23.3 Å². The first-order valence-electron chi connectivity index (χ1n) is 11.9. The third kappa shape index (κ3) is 2.79. The lowest BCUT2D eigenvalue weighted by molar-refractivity contribution is -0.130. The van der Waals surface area contributed by atoms with Crippen LogP contribution in [0.5, 0.6) is 28.7 Å². The minimum absolute atomic E-state index is 0.0713. The Kier molecular flexibility index (Phi) is 4.75. The molecule has 11 nitrogen and oxygen atoms in total. The van der Waals surface area contributed by atoms with Gasteiger partial charge in [-0.05, 0) is 24.1 Å². The zero-order valence-electron chi connectivity index (χ0n) is 20.5. The Morgan fingerprint density at radius 1 is 1.11 bits per heavy atom. The topological polar surface area (TPSA) is 123 Å². The number of methoxy groups -OCH3 is 2. The van der Waals surface area contributed by atoms with E-state index in [1.54, 1.807) is 17.7 Å². The van der Waals surface area contributed by atoms with Crippen molar-refractivity contribution < 1.29 is 33.3 Å². The van der Waals surface area contributed by atoms with E-state index >= 15 is 0 Å². The first-order valence-corrected chi connectivity index (χ1v) is 12.3. The molecule has 38 heavy (non-hydrogen) atoms. The summed E-state index contributed by atoms with van der Waals surface area (Å²) in [5.74, 6) is 0.674. The predicted octanol–water partition coefficient (Wildman–Crippen LogP) is 3.57. The van der Waals surface area contributed by atoms with E-state index in [1.807, 2.05) is 12.1 Å². The number of aromatic nitrogens is 3. The van der Waals surface area contributed by atoms with E-state index in [4.69, 9.17) is 35.3 Å².